The molecule has 2 fully saturated rings. The van der Waals surface area contributed by atoms with Gasteiger partial charge in [-0.2, -0.15) is 0 Å². The summed E-state index contributed by atoms with van der Waals surface area (Å²) in [6.45, 7) is 13.3. The Kier molecular flexibility index (Phi) is 3.74. The molecule has 3 unspecified atom stereocenters. The molecule has 0 aromatic rings. The van der Waals surface area contributed by atoms with E-state index in [1.165, 1.54) is 0 Å². The number of ketones is 1. The number of hydrogen-bond acceptors (Lipinski definition) is 3. The Morgan fingerprint density at radius 2 is 1.65 bits per heavy atom. The van der Waals surface area contributed by atoms with Crippen LogP contribution in [0.15, 0.2) is 0 Å². The molecule has 20 heavy (non-hydrogen) atoms. The van der Waals surface area contributed by atoms with Crippen molar-refractivity contribution in [1.29, 1.82) is 0 Å². The van der Waals surface area contributed by atoms with Gasteiger partial charge in [0.05, 0.1) is 0 Å². The Balaban J connectivity index is 2.31. The van der Waals surface area contributed by atoms with Crippen LogP contribution in [0.4, 0.5) is 0 Å². The molecule has 4 heteroatoms. The zero-order valence-corrected chi connectivity index (χ0v) is 13.6. The van der Waals surface area contributed by atoms with Crippen molar-refractivity contribution in [2.45, 2.75) is 60.0 Å². The van der Waals surface area contributed by atoms with E-state index in [1.54, 1.807) is 0 Å². The first-order valence-corrected chi connectivity index (χ1v) is 7.62. The van der Waals surface area contributed by atoms with Gasteiger partial charge in [0.1, 0.15) is 6.04 Å². The van der Waals surface area contributed by atoms with E-state index in [9.17, 15) is 9.59 Å². The Morgan fingerprint density at radius 1 is 1.05 bits per heavy atom. The quantitative estimate of drug-likeness (QED) is 0.797. The third-order valence-electron chi connectivity index (χ3n) is 4.42. The van der Waals surface area contributed by atoms with Gasteiger partial charge in [-0.3, -0.25) is 9.59 Å². The second-order valence-electron chi connectivity index (χ2n) is 8.30. The van der Waals surface area contributed by atoms with E-state index in [0.717, 1.165) is 19.5 Å². The number of carbonyl (C=O) groups is 2. The van der Waals surface area contributed by atoms with Gasteiger partial charge >= 0.3 is 0 Å². The smallest absolute Gasteiger partial charge is 0.228 e. The van der Waals surface area contributed by atoms with Gasteiger partial charge < -0.3 is 10.2 Å². The van der Waals surface area contributed by atoms with Crippen LogP contribution < -0.4 is 5.32 Å². The normalized spacial score (nSPS) is 30.5. The van der Waals surface area contributed by atoms with E-state index in [1.807, 2.05) is 46.4 Å². The van der Waals surface area contributed by atoms with Gasteiger partial charge in [-0.25, -0.2) is 0 Å². The predicted octanol–water partition coefficient (Wildman–Crippen LogP) is 1.84. The zero-order chi connectivity index (χ0) is 15.3. The Labute approximate surface area is 122 Å². The van der Waals surface area contributed by atoms with Gasteiger partial charge in [-0.05, 0) is 18.9 Å². The summed E-state index contributed by atoms with van der Waals surface area (Å²) >= 11 is 0. The molecule has 2 rings (SSSR count). The SMILES string of the molecule is CC(C)(C)C(=O)C1C2NCCC2CN1C(=O)C(C)(C)C. The van der Waals surface area contributed by atoms with Crippen LogP contribution in [0.2, 0.25) is 0 Å². The van der Waals surface area contributed by atoms with Crippen LogP contribution in [0.3, 0.4) is 0 Å². The molecule has 2 aliphatic rings. The molecule has 0 aliphatic carbocycles. The molecule has 0 aromatic carbocycles. The van der Waals surface area contributed by atoms with Crippen molar-refractivity contribution in [2.24, 2.45) is 16.7 Å². The average Bonchev–Trinajstić information content (AvgIpc) is 2.83. The lowest BCUT2D eigenvalue weighted by molar-refractivity contribution is -0.146. The minimum absolute atomic E-state index is 0.0938. The lowest BCUT2D eigenvalue weighted by Crippen LogP contribution is -2.54. The molecule has 2 heterocycles. The summed E-state index contributed by atoms with van der Waals surface area (Å²) < 4.78 is 0. The van der Waals surface area contributed by atoms with Crippen LogP contribution in [0, 0.1) is 16.7 Å². The van der Waals surface area contributed by atoms with E-state index in [4.69, 9.17) is 0 Å². The molecule has 0 radical (unpaired) electrons. The van der Waals surface area contributed by atoms with Gasteiger partial charge in [0, 0.05) is 23.4 Å². The number of rotatable bonds is 1. The molecule has 4 nitrogen and oxygen atoms in total. The lowest BCUT2D eigenvalue weighted by Gasteiger charge is -2.35. The fourth-order valence-electron chi connectivity index (χ4n) is 3.30. The summed E-state index contributed by atoms with van der Waals surface area (Å²) in [4.78, 5) is 27.3. The third kappa shape index (κ3) is 2.62. The maximum atomic E-state index is 12.8. The van der Waals surface area contributed by atoms with Crippen molar-refractivity contribution in [3.63, 3.8) is 0 Å². The Morgan fingerprint density at radius 3 is 2.15 bits per heavy atom. The highest BCUT2D eigenvalue weighted by Gasteiger charge is 2.52. The monoisotopic (exact) mass is 280 g/mol. The summed E-state index contributed by atoms with van der Waals surface area (Å²) in [7, 11) is 0. The first-order chi connectivity index (χ1) is 9.03. The standard InChI is InChI=1S/C16H28N2O2/c1-15(2,3)13(19)12-11-10(7-8-17-11)9-18(12)14(20)16(4,5)6/h10-12,17H,7-9H2,1-6H3. The summed E-state index contributed by atoms with van der Waals surface area (Å²) in [5.41, 5.74) is -0.852. The second-order valence-corrected chi connectivity index (χ2v) is 8.30. The molecule has 3 atom stereocenters. The first kappa shape index (κ1) is 15.5. The molecule has 1 N–H and O–H groups in total. The van der Waals surface area contributed by atoms with Crippen molar-refractivity contribution in [3.05, 3.63) is 0 Å². The highest BCUT2D eigenvalue weighted by Crippen LogP contribution is 2.36. The Hall–Kier alpha value is -0.900. The van der Waals surface area contributed by atoms with Crippen LogP contribution in [0.5, 0.6) is 0 Å². The van der Waals surface area contributed by atoms with Gasteiger partial charge in [-0.15, -0.1) is 0 Å². The van der Waals surface area contributed by atoms with E-state index < -0.39 is 10.8 Å². The topological polar surface area (TPSA) is 49.4 Å². The number of amides is 1. The molecular weight excluding hydrogens is 252 g/mol. The molecule has 2 aliphatic heterocycles. The van der Waals surface area contributed by atoms with Crippen LogP contribution >= 0.6 is 0 Å². The summed E-state index contributed by atoms with van der Waals surface area (Å²) in [5, 5.41) is 3.44. The van der Waals surface area contributed by atoms with E-state index >= 15 is 0 Å². The molecule has 0 spiro atoms. The molecular formula is C16H28N2O2. The van der Waals surface area contributed by atoms with E-state index in [2.05, 4.69) is 5.32 Å². The van der Waals surface area contributed by atoms with Crippen LogP contribution in [-0.4, -0.2) is 41.8 Å². The molecule has 0 bridgehead atoms. The fraction of sp³-hybridized carbons (Fsp3) is 0.875. The number of Topliss-reactive ketones (excluding diaryl/α,β-unsaturated/α-hetero) is 1. The zero-order valence-electron chi connectivity index (χ0n) is 13.6. The van der Waals surface area contributed by atoms with Crippen LogP contribution in [0.25, 0.3) is 0 Å². The third-order valence-corrected chi connectivity index (χ3v) is 4.42. The van der Waals surface area contributed by atoms with Gasteiger partial charge in [0.15, 0.2) is 5.78 Å². The lowest BCUT2D eigenvalue weighted by atomic mass is 9.82. The largest absolute Gasteiger partial charge is 0.330 e. The van der Waals surface area contributed by atoms with Crippen molar-refractivity contribution in [3.8, 4) is 0 Å². The first-order valence-electron chi connectivity index (χ1n) is 7.62. The van der Waals surface area contributed by atoms with Gasteiger partial charge in [-0.1, -0.05) is 41.5 Å². The van der Waals surface area contributed by atoms with Crippen molar-refractivity contribution < 1.29 is 9.59 Å². The summed E-state index contributed by atoms with van der Waals surface area (Å²) in [6.07, 6.45) is 1.06. The summed E-state index contributed by atoms with van der Waals surface area (Å²) in [5.74, 6) is 0.700. The number of fused-ring (bicyclic) bond motifs is 1. The fourth-order valence-corrected chi connectivity index (χ4v) is 3.30. The van der Waals surface area contributed by atoms with Crippen LogP contribution in [0.1, 0.15) is 48.0 Å². The number of likely N-dealkylation sites (tertiary alicyclic amines) is 1. The maximum absolute atomic E-state index is 12.8. The highest BCUT2D eigenvalue weighted by atomic mass is 16.2. The predicted molar refractivity (Wildman–Crippen MR) is 79.3 cm³/mol. The number of nitrogens with zero attached hydrogens (tertiary/aromatic N) is 1. The number of nitrogens with one attached hydrogen (secondary N) is 1. The van der Waals surface area contributed by atoms with Gasteiger partial charge in [0.2, 0.25) is 5.91 Å². The number of carbonyl (C=O) groups excluding carboxylic acids is 2. The van der Waals surface area contributed by atoms with Crippen molar-refractivity contribution >= 4 is 11.7 Å². The average molecular weight is 280 g/mol. The van der Waals surface area contributed by atoms with E-state index in [0.29, 0.717) is 5.92 Å². The van der Waals surface area contributed by atoms with Crippen molar-refractivity contribution in [2.75, 3.05) is 13.1 Å². The van der Waals surface area contributed by atoms with Crippen molar-refractivity contribution in [1.82, 2.24) is 10.2 Å². The molecule has 114 valence electrons. The van der Waals surface area contributed by atoms with Crippen LogP contribution in [-0.2, 0) is 9.59 Å². The minimum atomic E-state index is -0.435. The number of hydrogen-bond donors (Lipinski definition) is 1. The van der Waals surface area contributed by atoms with Gasteiger partial charge in [0.25, 0.3) is 0 Å². The molecule has 1 amide bonds. The maximum Gasteiger partial charge on any atom is 0.228 e. The molecule has 0 aromatic heterocycles. The van der Waals surface area contributed by atoms with E-state index in [-0.39, 0.29) is 23.8 Å². The second kappa shape index (κ2) is 4.83. The minimum Gasteiger partial charge on any atom is -0.330 e. The molecule has 0 saturated carbocycles. The summed E-state index contributed by atoms with van der Waals surface area (Å²) in [6, 6.07) is -0.151. The Bertz CT molecular complexity index is 417. The molecule has 2 saturated heterocycles. The highest BCUT2D eigenvalue weighted by molar-refractivity contribution is 5.95.